The van der Waals surface area contributed by atoms with Crippen molar-refractivity contribution in [3.8, 4) is 9.88 Å². The maximum absolute atomic E-state index is 12.3. The third-order valence-corrected chi connectivity index (χ3v) is 5.68. The second-order valence-electron chi connectivity index (χ2n) is 5.33. The van der Waals surface area contributed by atoms with E-state index in [-0.39, 0.29) is 18.4 Å². The number of aromatic nitrogens is 1. The fourth-order valence-electron chi connectivity index (χ4n) is 2.61. The highest BCUT2D eigenvalue weighted by molar-refractivity contribution is 7.20. The normalized spacial score (nSPS) is 18.9. The number of amides is 1. The van der Waals surface area contributed by atoms with Crippen molar-refractivity contribution in [3.63, 3.8) is 0 Å². The average Bonchev–Trinajstić information content (AvgIpc) is 3.18. The molecule has 1 saturated heterocycles. The standard InChI is InChI=1S/C15H18N2O2S2/c18-9-11-3-1-5-17(8-11)14(19)7-12-10-21-15(16-12)13-4-2-6-20-13/h2,4,6,10-11,18H,1,3,5,7-9H2. The highest BCUT2D eigenvalue weighted by Crippen LogP contribution is 2.28. The minimum atomic E-state index is 0.121. The van der Waals surface area contributed by atoms with Crippen molar-refractivity contribution < 1.29 is 9.90 Å². The Morgan fingerprint density at radius 1 is 1.48 bits per heavy atom. The van der Waals surface area contributed by atoms with Crippen LogP contribution in [0.15, 0.2) is 22.9 Å². The van der Waals surface area contributed by atoms with Gasteiger partial charge in [0.2, 0.25) is 5.91 Å². The molecule has 1 atom stereocenters. The fraction of sp³-hybridized carbons (Fsp3) is 0.467. The van der Waals surface area contributed by atoms with Crippen LogP contribution in [0.2, 0.25) is 0 Å². The first-order valence-electron chi connectivity index (χ1n) is 7.13. The molecule has 6 heteroatoms. The lowest BCUT2D eigenvalue weighted by Crippen LogP contribution is -2.41. The molecule has 0 spiro atoms. The highest BCUT2D eigenvalue weighted by Gasteiger charge is 2.23. The zero-order chi connectivity index (χ0) is 14.7. The molecule has 1 unspecified atom stereocenters. The van der Waals surface area contributed by atoms with Crippen molar-refractivity contribution in [2.24, 2.45) is 5.92 Å². The molecule has 3 rings (SSSR count). The number of thiophene rings is 1. The van der Waals surface area contributed by atoms with Gasteiger partial charge in [-0.15, -0.1) is 22.7 Å². The lowest BCUT2D eigenvalue weighted by atomic mass is 9.99. The van der Waals surface area contributed by atoms with Gasteiger partial charge in [-0.05, 0) is 30.2 Å². The Balaban J connectivity index is 1.62. The SMILES string of the molecule is O=C(Cc1csc(-c2cccs2)n1)N1CCCC(CO)C1. The molecule has 3 heterocycles. The van der Waals surface area contributed by atoms with Gasteiger partial charge in [0.25, 0.3) is 0 Å². The van der Waals surface area contributed by atoms with E-state index in [2.05, 4.69) is 4.98 Å². The zero-order valence-corrected chi connectivity index (χ0v) is 13.3. The maximum Gasteiger partial charge on any atom is 0.228 e. The molecule has 4 nitrogen and oxygen atoms in total. The fourth-order valence-corrected chi connectivity index (χ4v) is 4.24. The van der Waals surface area contributed by atoms with Crippen molar-refractivity contribution in [2.75, 3.05) is 19.7 Å². The smallest absolute Gasteiger partial charge is 0.228 e. The molecule has 0 saturated carbocycles. The van der Waals surface area contributed by atoms with Gasteiger partial charge < -0.3 is 10.0 Å². The van der Waals surface area contributed by atoms with Gasteiger partial charge in [-0.3, -0.25) is 4.79 Å². The van der Waals surface area contributed by atoms with E-state index in [1.807, 2.05) is 27.8 Å². The molecule has 0 aliphatic carbocycles. The van der Waals surface area contributed by atoms with E-state index in [4.69, 9.17) is 0 Å². The maximum atomic E-state index is 12.3. The van der Waals surface area contributed by atoms with E-state index < -0.39 is 0 Å². The molecule has 1 fully saturated rings. The van der Waals surface area contributed by atoms with Crippen molar-refractivity contribution in [1.29, 1.82) is 0 Å². The van der Waals surface area contributed by atoms with E-state index in [9.17, 15) is 9.90 Å². The first-order valence-corrected chi connectivity index (χ1v) is 8.89. The molecule has 0 radical (unpaired) electrons. The van der Waals surface area contributed by atoms with Gasteiger partial charge in [0.15, 0.2) is 0 Å². The Morgan fingerprint density at radius 3 is 3.14 bits per heavy atom. The first kappa shape index (κ1) is 14.7. The quantitative estimate of drug-likeness (QED) is 0.941. The van der Waals surface area contributed by atoms with Gasteiger partial charge in [-0.1, -0.05) is 6.07 Å². The minimum Gasteiger partial charge on any atom is -0.396 e. The van der Waals surface area contributed by atoms with Crippen molar-refractivity contribution in [3.05, 3.63) is 28.6 Å². The predicted molar refractivity (Wildman–Crippen MR) is 85.5 cm³/mol. The summed E-state index contributed by atoms with van der Waals surface area (Å²) in [7, 11) is 0. The van der Waals surface area contributed by atoms with Crippen LogP contribution in [-0.2, 0) is 11.2 Å². The van der Waals surface area contributed by atoms with Gasteiger partial charge in [-0.25, -0.2) is 4.98 Å². The third-order valence-electron chi connectivity index (χ3n) is 3.75. The van der Waals surface area contributed by atoms with E-state index >= 15 is 0 Å². The number of hydrogen-bond acceptors (Lipinski definition) is 5. The van der Waals surface area contributed by atoms with Crippen LogP contribution in [0, 0.1) is 5.92 Å². The minimum absolute atomic E-state index is 0.121. The van der Waals surface area contributed by atoms with Crippen LogP contribution < -0.4 is 0 Å². The lowest BCUT2D eigenvalue weighted by Gasteiger charge is -2.31. The first-order chi connectivity index (χ1) is 10.3. The molecule has 1 aliphatic rings. The summed E-state index contributed by atoms with van der Waals surface area (Å²) >= 11 is 3.25. The number of carbonyl (C=O) groups excluding carboxylic acids is 1. The molecule has 112 valence electrons. The zero-order valence-electron chi connectivity index (χ0n) is 11.7. The van der Waals surface area contributed by atoms with Crippen molar-refractivity contribution in [1.82, 2.24) is 9.88 Å². The van der Waals surface area contributed by atoms with Crippen molar-refractivity contribution >= 4 is 28.6 Å². The summed E-state index contributed by atoms with van der Waals surface area (Å²) < 4.78 is 0. The lowest BCUT2D eigenvalue weighted by molar-refractivity contribution is -0.132. The Kier molecular flexibility index (Phi) is 4.67. The number of aliphatic hydroxyl groups is 1. The summed E-state index contributed by atoms with van der Waals surface area (Å²) in [4.78, 5) is 19.9. The van der Waals surface area contributed by atoms with Gasteiger partial charge >= 0.3 is 0 Å². The highest BCUT2D eigenvalue weighted by atomic mass is 32.1. The monoisotopic (exact) mass is 322 g/mol. The number of carbonyl (C=O) groups is 1. The van der Waals surface area contributed by atoms with Crippen LogP contribution in [0.5, 0.6) is 0 Å². The Bertz CT molecular complexity index is 595. The average molecular weight is 322 g/mol. The van der Waals surface area contributed by atoms with Crippen LogP contribution >= 0.6 is 22.7 Å². The van der Waals surface area contributed by atoms with E-state index in [0.717, 1.165) is 35.0 Å². The summed E-state index contributed by atoms with van der Waals surface area (Å²) in [5, 5.41) is 14.2. The van der Waals surface area contributed by atoms with Crippen LogP contribution in [0.3, 0.4) is 0 Å². The predicted octanol–water partition coefficient (Wildman–Crippen LogP) is 2.65. The number of hydrogen-bond donors (Lipinski definition) is 1. The van der Waals surface area contributed by atoms with Crippen LogP contribution in [0.1, 0.15) is 18.5 Å². The molecule has 1 amide bonds. The summed E-state index contributed by atoms with van der Waals surface area (Å²) in [6.45, 7) is 1.65. The number of rotatable bonds is 4. The topological polar surface area (TPSA) is 53.4 Å². The molecule has 1 N–H and O–H groups in total. The van der Waals surface area contributed by atoms with E-state index in [0.29, 0.717) is 13.0 Å². The Morgan fingerprint density at radius 2 is 2.38 bits per heavy atom. The van der Waals surface area contributed by atoms with Crippen LogP contribution in [-0.4, -0.2) is 40.6 Å². The number of piperidine rings is 1. The van der Waals surface area contributed by atoms with Crippen molar-refractivity contribution in [2.45, 2.75) is 19.3 Å². The number of likely N-dealkylation sites (tertiary alicyclic amines) is 1. The van der Waals surface area contributed by atoms with Gasteiger partial charge in [0.05, 0.1) is 17.0 Å². The van der Waals surface area contributed by atoms with Crippen LogP contribution in [0.4, 0.5) is 0 Å². The number of thiazole rings is 1. The second kappa shape index (κ2) is 6.68. The van der Waals surface area contributed by atoms with Crippen LogP contribution in [0.25, 0.3) is 9.88 Å². The number of aliphatic hydroxyl groups excluding tert-OH is 1. The summed E-state index contributed by atoms with van der Waals surface area (Å²) in [6.07, 6.45) is 2.36. The van der Waals surface area contributed by atoms with E-state index in [1.54, 1.807) is 22.7 Å². The molecule has 2 aromatic heterocycles. The van der Waals surface area contributed by atoms with E-state index in [1.165, 1.54) is 0 Å². The van der Waals surface area contributed by atoms with Gasteiger partial charge in [0, 0.05) is 25.1 Å². The third kappa shape index (κ3) is 3.51. The van der Waals surface area contributed by atoms with Gasteiger partial charge in [0.1, 0.15) is 5.01 Å². The number of nitrogens with zero attached hydrogens (tertiary/aromatic N) is 2. The Labute approximate surface area is 132 Å². The largest absolute Gasteiger partial charge is 0.396 e. The summed E-state index contributed by atoms with van der Waals surface area (Å²) in [5.74, 6) is 0.357. The molecule has 0 bridgehead atoms. The summed E-state index contributed by atoms with van der Waals surface area (Å²) in [5.41, 5.74) is 0.847. The Hall–Kier alpha value is -1.24. The second-order valence-corrected chi connectivity index (χ2v) is 7.13. The molecule has 2 aromatic rings. The molecular weight excluding hydrogens is 304 g/mol. The molecule has 1 aliphatic heterocycles. The summed E-state index contributed by atoms with van der Waals surface area (Å²) in [6, 6.07) is 4.06. The van der Waals surface area contributed by atoms with Gasteiger partial charge in [-0.2, -0.15) is 0 Å². The molecule has 21 heavy (non-hydrogen) atoms. The molecular formula is C15H18N2O2S2. The molecule has 0 aromatic carbocycles.